The Bertz CT molecular complexity index is 1330. The molecule has 0 aromatic heterocycles. The Morgan fingerprint density at radius 1 is 0.723 bits per heavy atom. The molecule has 0 aliphatic heterocycles. The van der Waals surface area contributed by atoms with Crippen LogP contribution in [-0.4, -0.2) is 7.05 Å². The average molecular weight is 640 g/mol. The van der Waals surface area contributed by atoms with Gasteiger partial charge in [-0.15, -0.1) is 0 Å². The number of fused-ring (bicyclic) bond motifs is 1. The van der Waals surface area contributed by atoms with Gasteiger partial charge in [0.05, 0.1) is 0 Å². The summed E-state index contributed by atoms with van der Waals surface area (Å²) in [5.74, 6) is 0.450. The van der Waals surface area contributed by atoms with Gasteiger partial charge in [0.15, 0.2) is 0 Å². The summed E-state index contributed by atoms with van der Waals surface area (Å²) in [6.45, 7) is 25.6. The first-order valence-electron chi connectivity index (χ1n) is 18.1. The normalized spacial score (nSPS) is 10.6. The van der Waals surface area contributed by atoms with Crippen LogP contribution in [0.2, 0.25) is 0 Å². The minimum atomic E-state index is 0. The van der Waals surface area contributed by atoms with E-state index in [1.54, 1.807) is 0 Å². The van der Waals surface area contributed by atoms with E-state index < -0.39 is 0 Å². The molecular formula is C46H73N. The summed E-state index contributed by atoms with van der Waals surface area (Å²) in [5, 5.41) is 2.83. The van der Waals surface area contributed by atoms with Gasteiger partial charge in [-0.3, -0.25) is 0 Å². The molecule has 0 spiro atoms. The third-order valence-corrected chi connectivity index (χ3v) is 8.55. The summed E-state index contributed by atoms with van der Waals surface area (Å²) in [7, 11) is 1.50. The second kappa shape index (κ2) is 26.9. The van der Waals surface area contributed by atoms with Crippen molar-refractivity contribution in [3.63, 3.8) is 0 Å². The highest BCUT2D eigenvalue weighted by Crippen LogP contribution is 2.32. The number of hydrogen-bond acceptors (Lipinski definition) is 1. The molecule has 47 heavy (non-hydrogen) atoms. The summed E-state index contributed by atoms with van der Waals surface area (Å²) < 4.78 is 0. The molecule has 0 aliphatic carbocycles. The van der Waals surface area contributed by atoms with E-state index in [4.69, 9.17) is 0 Å². The van der Waals surface area contributed by atoms with Crippen LogP contribution in [-0.2, 0) is 18.3 Å². The van der Waals surface area contributed by atoms with Gasteiger partial charge in [0.1, 0.15) is 0 Å². The highest BCUT2D eigenvalue weighted by atomic mass is 14.4. The van der Waals surface area contributed by atoms with Crippen molar-refractivity contribution in [3.05, 3.63) is 131 Å². The van der Waals surface area contributed by atoms with Gasteiger partial charge in [-0.1, -0.05) is 185 Å². The highest BCUT2D eigenvalue weighted by molar-refractivity contribution is 5.88. The molecule has 1 nitrogen and oxygen atoms in total. The molecule has 0 bridgehead atoms. The summed E-state index contributed by atoms with van der Waals surface area (Å²) >= 11 is 0. The molecule has 1 unspecified atom stereocenters. The number of benzene rings is 4. The Morgan fingerprint density at radius 3 is 1.89 bits per heavy atom. The van der Waals surface area contributed by atoms with Crippen LogP contribution in [0.5, 0.6) is 0 Å². The van der Waals surface area contributed by atoms with Crippen molar-refractivity contribution in [2.45, 2.75) is 139 Å². The number of hydrogen-bond donors (Lipinski definition) is 1. The molecule has 2 N–H and O–H groups in total. The number of aryl methyl sites for hydroxylation is 3. The zero-order valence-corrected chi connectivity index (χ0v) is 31.7. The minimum absolute atomic E-state index is 0. The molecule has 0 radical (unpaired) electrons. The predicted octanol–water partition coefficient (Wildman–Crippen LogP) is 14.2. The zero-order valence-electron chi connectivity index (χ0n) is 31.7. The van der Waals surface area contributed by atoms with E-state index in [0.717, 1.165) is 0 Å². The second-order valence-electron chi connectivity index (χ2n) is 12.3. The molecule has 1 atom stereocenters. The maximum Gasteiger partial charge on any atom is 0.00144 e. The van der Waals surface area contributed by atoms with Crippen molar-refractivity contribution in [2.24, 2.45) is 5.73 Å². The van der Waals surface area contributed by atoms with E-state index in [9.17, 15) is 0 Å². The SMILES string of the molecule is C.C=C(C)C(C)c1cccc(C(C)(C)CCCCC)c1.CC.CC.CN.Cc1ccc(CCCCc2ccccc2)c2ccccc12. The standard InChI is InChI=1S/C21H22.C19H30.2C2H6.CH5N.CH4/c1-17-15-16-19(21-14-8-7-13-20(17)21)12-6-5-11-18-9-3-2-4-10-18;1-7-8-9-13-19(5,6)18-12-10-11-17(14-18)16(4)15(2)3;3*1-2;/h2-4,7-10,13-16H,5-6,11-12H2,1H3;10-12,14,16H,2,7-9,13H2,1,3-6H3;2*1-2H3;2H2,1H3;1H4. The Kier molecular flexibility index (Phi) is 26.3. The van der Waals surface area contributed by atoms with E-state index in [0.29, 0.717) is 5.92 Å². The fraction of sp³-hybridized carbons (Fsp3) is 0.478. The van der Waals surface area contributed by atoms with Crippen molar-refractivity contribution in [1.82, 2.24) is 0 Å². The molecule has 262 valence electrons. The highest BCUT2D eigenvalue weighted by Gasteiger charge is 2.21. The van der Waals surface area contributed by atoms with Gasteiger partial charge in [-0.25, -0.2) is 0 Å². The summed E-state index contributed by atoms with van der Waals surface area (Å²) in [5.41, 5.74) is 13.2. The number of allylic oxidation sites excluding steroid dienone is 1. The monoisotopic (exact) mass is 640 g/mol. The van der Waals surface area contributed by atoms with Crippen molar-refractivity contribution in [1.29, 1.82) is 0 Å². The number of nitrogens with two attached hydrogens (primary N) is 1. The summed E-state index contributed by atoms with van der Waals surface area (Å²) in [6, 6.07) is 33.2. The van der Waals surface area contributed by atoms with Crippen LogP contribution in [0, 0.1) is 6.92 Å². The van der Waals surface area contributed by atoms with E-state index in [2.05, 4.69) is 145 Å². The molecule has 0 aliphatic rings. The zero-order chi connectivity index (χ0) is 35.0. The van der Waals surface area contributed by atoms with Gasteiger partial charge in [-0.05, 0) is 97.0 Å². The molecule has 0 fully saturated rings. The van der Waals surface area contributed by atoms with E-state index in [1.165, 1.54) is 103 Å². The van der Waals surface area contributed by atoms with Gasteiger partial charge < -0.3 is 5.73 Å². The average Bonchev–Trinajstić information content (AvgIpc) is 3.11. The molecule has 0 saturated carbocycles. The lowest BCUT2D eigenvalue weighted by Crippen LogP contribution is -2.17. The third kappa shape index (κ3) is 16.5. The first-order valence-corrected chi connectivity index (χ1v) is 18.1. The van der Waals surface area contributed by atoms with Crippen LogP contribution in [0.4, 0.5) is 0 Å². The van der Waals surface area contributed by atoms with E-state index >= 15 is 0 Å². The van der Waals surface area contributed by atoms with Crippen LogP contribution >= 0.6 is 0 Å². The maximum absolute atomic E-state index is 4.50. The summed E-state index contributed by atoms with van der Waals surface area (Å²) in [4.78, 5) is 0. The topological polar surface area (TPSA) is 26.0 Å². The molecular weight excluding hydrogens is 567 g/mol. The van der Waals surface area contributed by atoms with Gasteiger partial charge in [0.25, 0.3) is 0 Å². The second-order valence-corrected chi connectivity index (χ2v) is 12.3. The van der Waals surface area contributed by atoms with E-state index in [-0.39, 0.29) is 12.8 Å². The van der Waals surface area contributed by atoms with Crippen molar-refractivity contribution in [3.8, 4) is 0 Å². The largest absolute Gasteiger partial charge is 0.333 e. The molecule has 0 amide bonds. The molecule has 4 rings (SSSR count). The van der Waals surface area contributed by atoms with Crippen LogP contribution in [0.25, 0.3) is 10.8 Å². The molecule has 1 heteroatoms. The smallest absolute Gasteiger partial charge is 0.00144 e. The van der Waals surface area contributed by atoms with Crippen molar-refractivity contribution >= 4 is 10.8 Å². The quantitative estimate of drug-likeness (QED) is 0.121. The van der Waals surface area contributed by atoms with Crippen molar-refractivity contribution < 1.29 is 0 Å². The first-order chi connectivity index (χ1) is 22.2. The van der Waals surface area contributed by atoms with Crippen LogP contribution in [0.1, 0.15) is 142 Å². The van der Waals surface area contributed by atoms with Crippen molar-refractivity contribution in [2.75, 3.05) is 7.05 Å². The fourth-order valence-electron chi connectivity index (χ4n) is 5.49. The number of rotatable bonds is 12. The molecule has 0 saturated heterocycles. The molecule has 4 aromatic carbocycles. The first kappa shape index (κ1) is 46.0. The van der Waals surface area contributed by atoms with E-state index in [1.807, 2.05) is 27.7 Å². The number of unbranched alkanes of at least 4 members (excludes halogenated alkanes) is 3. The predicted molar refractivity (Wildman–Crippen MR) is 218 cm³/mol. The third-order valence-electron chi connectivity index (χ3n) is 8.55. The lowest BCUT2D eigenvalue weighted by atomic mass is 9.78. The van der Waals surface area contributed by atoms with Gasteiger partial charge in [0.2, 0.25) is 0 Å². The van der Waals surface area contributed by atoms with Crippen LogP contribution < -0.4 is 5.73 Å². The van der Waals surface area contributed by atoms with Crippen LogP contribution in [0.15, 0.2) is 103 Å². The Morgan fingerprint density at radius 2 is 1.30 bits per heavy atom. The Hall–Kier alpha value is -3.16. The Balaban J connectivity index is 0. The summed E-state index contributed by atoms with van der Waals surface area (Å²) in [6.07, 6.45) is 10.1. The van der Waals surface area contributed by atoms with Gasteiger partial charge in [0, 0.05) is 5.92 Å². The Labute approximate surface area is 293 Å². The lowest BCUT2D eigenvalue weighted by molar-refractivity contribution is 0.450. The molecule has 0 heterocycles. The minimum Gasteiger partial charge on any atom is -0.333 e. The van der Waals surface area contributed by atoms with Gasteiger partial charge >= 0.3 is 0 Å². The van der Waals surface area contributed by atoms with Gasteiger partial charge in [-0.2, -0.15) is 0 Å². The maximum atomic E-state index is 4.50. The lowest BCUT2D eigenvalue weighted by Gasteiger charge is -2.26. The fourth-order valence-corrected chi connectivity index (χ4v) is 5.49. The van der Waals surface area contributed by atoms with Crippen LogP contribution in [0.3, 0.4) is 0 Å². The molecule has 4 aromatic rings.